The zero-order valence-electron chi connectivity index (χ0n) is 16.7. The molecule has 2 aliphatic rings. The van der Waals surface area contributed by atoms with Crippen molar-refractivity contribution < 1.29 is 9.47 Å². The number of nitrogens with zero attached hydrogens (tertiary/aromatic N) is 3. The molecule has 7 nitrogen and oxygen atoms in total. The second-order valence-electron chi connectivity index (χ2n) is 7.54. The van der Waals surface area contributed by atoms with E-state index in [0.29, 0.717) is 6.54 Å². The van der Waals surface area contributed by atoms with E-state index in [1.54, 1.807) is 14.2 Å². The van der Waals surface area contributed by atoms with Gasteiger partial charge in [0.2, 0.25) is 5.95 Å². The molecule has 0 aliphatic carbocycles. The topological polar surface area (TPSA) is 70.7 Å². The Morgan fingerprint density at radius 2 is 1.75 bits per heavy atom. The molecule has 0 radical (unpaired) electrons. The highest BCUT2D eigenvalue weighted by atomic mass is 16.5. The molecule has 150 valence electrons. The summed E-state index contributed by atoms with van der Waals surface area (Å²) in [4.78, 5) is 25.0. The van der Waals surface area contributed by atoms with Crippen LogP contribution in [0.4, 0.5) is 5.95 Å². The van der Waals surface area contributed by atoms with Crippen molar-refractivity contribution in [3.8, 4) is 11.5 Å². The summed E-state index contributed by atoms with van der Waals surface area (Å²) in [5, 5.41) is 0. The standard InChI is InChI=1S/C21H28N4O3/c1-27-16-10-15(11-17(12-16)28-2)13-24-9-6-18-19(14-24)22-21(23-20(18)26)25-7-4-3-5-8-25/h10-12H,3-9,13-14H2,1-2H3,(H,22,23,26). The number of methoxy groups -OCH3 is 2. The van der Waals surface area contributed by atoms with Gasteiger partial charge in [-0.25, -0.2) is 4.98 Å². The van der Waals surface area contributed by atoms with E-state index in [9.17, 15) is 4.79 Å². The molecule has 2 aromatic rings. The first kappa shape index (κ1) is 18.8. The van der Waals surface area contributed by atoms with Gasteiger partial charge in [0.25, 0.3) is 5.56 Å². The molecule has 1 fully saturated rings. The van der Waals surface area contributed by atoms with Gasteiger partial charge in [0.1, 0.15) is 11.5 Å². The van der Waals surface area contributed by atoms with Crippen molar-refractivity contribution in [3.05, 3.63) is 45.4 Å². The molecule has 0 atom stereocenters. The fraction of sp³-hybridized carbons (Fsp3) is 0.524. The largest absolute Gasteiger partial charge is 0.497 e. The Morgan fingerprint density at radius 3 is 2.43 bits per heavy atom. The van der Waals surface area contributed by atoms with Crippen LogP contribution in [0, 0.1) is 0 Å². The number of hydrogen-bond acceptors (Lipinski definition) is 6. The summed E-state index contributed by atoms with van der Waals surface area (Å²) in [5.74, 6) is 2.30. The molecule has 3 heterocycles. The van der Waals surface area contributed by atoms with E-state index in [4.69, 9.17) is 14.5 Å². The van der Waals surface area contributed by atoms with Crippen molar-refractivity contribution in [2.45, 2.75) is 38.8 Å². The van der Waals surface area contributed by atoms with Gasteiger partial charge in [0.15, 0.2) is 0 Å². The first-order valence-electron chi connectivity index (χ1n) is 9.97. The Kier molecular flexibility index (Phi) is 5.52. The maximum absolute atomic E-state index is 12.6. The van der Waals surface area contributed by atoms with E-state index in [-0.39, 0.29) is 5.56 Å². The third kappa shape index (κ3) is 3.99. The number of H-pyrrole nitrogens is 1. The third-order valence-electron chi connectivity index (χ3n) is 5.61. The summed E-state index contributed by atoms with van der Waals surface area (Å²) in [6, 6.07) is 5.94. The zero-order chi connectivity index (χ0) is 19.5. The molecule has 0 unspecified atom stereocenters. The lowest BCUT2D eigenvalue weighted by molar-refractivity contribution is 0.239. The monoisotopic (exact) mass is 384 g/mol. The Hall–Kier alpha value is -2.54. The lowest BCUT2D eigenvalue weighted by Crippen LogP contribution is -2.38. The van der Waals surface area contributed by atoms with Crippen LogP contribution >= 0.6 is 0 Å². The van der Waals surface area contributed by atoms with Crippen LogP contribution in [0.5, 0.6) is 11.5 Å². The Balaban J connectivity index is 1.54. The van der Waals surface area contributed by atoms with E-state index in [0.717, 1.165) is 79.7 Å². The van der Waals surface area contributed by atoms with E-state index in [1.807, 2.05) is 18.2 Å². The first-order chi connectivity index (χ1) is 13.7. The maximum Gasteiger partial charge on any atom is 0.255 e. The highest BCUT2D eigenvalue weighted by molar-refractivity contribution is 5.39. The second-order valence-corrected chi connectivity index (χ2v) is 7.54. The number of hydrogen-bond donors (Lipinski definition) is 1. The van der Waals surface area contributed by atoms with Gasteiger partial charge in [0, 0.05) is 44.4 Å². The third-order valence-corrected chi connectivity index (χ3v) is 5.61. The number of aromatic amines is 1. The molecule has 1 saturated heterocycles. The van der Waals surface area contributed by atoms with Gasteiger partial charge in [-0.2, -0.15) is 0 Å². The SMILES string of the molecule is COc1cc(CN2CCc3c(nc(N4CCCCC4)[nH]c3=O)C2)cc(OC)c1. The van der Waals surface area contributed by atoms with Crippen LogP contribution in [0.25, 0.3) is 0 Å². The van der Waals surface area contributed by atoms with Crippen molar-refractivity contribution >= 4 is 5.95 Å². The van der Waals surface area contributed by atoms with Gasteiger partial charge in [-0.15, -0.1) is 0 Å². The maximum atomic E-state index is 12.6. The summed E-state index contributed by atoms with van der Waals surface area (Å²) in [5.41, 5.74) is 2.89. The van der Waals surface area contributed by atoms with Crippen molar-refractivity contribution in [1.82, 2.24) is 14.9 Å². The van der Waals surface area contributed by atoms with Gasteiger partial charge in [-0.1, -0.05) is 0 Å². The smallest absolute Gasteiger partial charge is 0.255 e. The van der Waals surface area contributed by atoms with Crippen LogP contribution in [0.15, 0.2) is 23.0 Å². The number of ether oxygens (including phenoxy) is 2. The molecule has 4 rings (SSSR count). The minimum atomic E-state index is 0.0215. The van der Waals surface area contributed by atoms with E-state index >= 15 is 0 Å². The lowest BCUT2D eigenvalue weighted by Gasteiger charge is -2.31. The molecule has 28 heavy (non-hydrogen) atoms. The molecule has 7 heteroatoms. The number of nitrogens with one attached hydrogen (secondary N) is 1. The average molecular weight is 384 g/mol. The Labute approximate surface area is 165 Å². The van der Waals surface area contributed by atoms with Gasteiger partial charge < -0.3 is 14.4 Å². The van der Waals surface area contributed by atoms with Gasteiger partial charge >= 0.3 is 0 Å². The van der Waals surface area contributed by atoms with Crippen LogP contribution in [-0.2, 0) is 19.5 Å². The lowest BCUT2D eigenvalue weighted by atomic mass is 10.1. The normalized spacial score (nSPS) is 17.3. The molecule has 0 saturated carbocycles. The van der Waals surface area contributed by atoms with Crippen molar-refractivity contribution in [2.24, 2.45) is 0 Å². The van der Waals surface area contributed by atoms with Crippen molar-refractivity contribution in [1.29, 1.82) is 0 Å². The van der Waals surface area contributed by atoms with Crippen LogP contribution in [0.1, 0.15) is 36.1 Å². The number of anilines is 1. The van der Waals surface area contributed by atoms with Crippen LogP contribution in [-0.4, -0.2) is 48.7 Å². The average Bonchev–Trinajstić information content (AvgIpc) is 2.73. The summed E-state index contributed by atoms with van der Waals surface area (Å²) in [7, 11) is 3.32. The van der Waals surface area contributed by atoms with E-state index < -0.39 is 0 Å². The first-order valence-corrected chi connectivity index (χ1v) is 9.97. The van der Waals surface area contributed by atoms with Gasteiger partial charge in [0.05, 0.1) is 19.9 Å². The molecule has 0 spiro atoms. The minimum absolute atomic E-state index is 0.0215. The fourth-order valence-electron chi connectivity index (χ4n) is 4.09. The molecular formula is C21H28N4O3. The summed E-state index contributed by atoms with van der Waals surface area (Å²) in [6.07, 6.45) is 4.29. The van der Waals surface area contributed by atoms with Crippen molar-refractivity contribution in [2.75, 3.05) is 38.8 Å². The number of piperidine rings is 1. The molecular weight excluding hydrogens is 356 g/mol. The highest BCUT2D eigenvalue weighted by Gasteiger charge is 2.23. The number of benzene rings is 1. The molecule has 1 aromatic carbocycles. The molecule has 0 bridgehead atoms. The fourth-order valence-corrected chi connectivity index (χ4v) is 4.09. The molecule has 0 amide bonds. The van der Waals surface area contributed by atoms with Crippen LogP contribution in [0.2, 0.25) is 0 Å². The van der Waals surface area contributed by atoms with E-state index in [1.165, 1.54) is 6.42 Å². The van der Waals surface area contributed by atoms with Gasteiger partial charge in [-0.3, -0.25) is 14.7 Å². The zero-order valence-corrected chi connectivity index (χ0v) is 16.7. The number of fused-ring (bicyclic) bond motifs is 1. The van der Waals surface area contributed by atoms with Crippen LogP contribution < -0.4 is 19.9 Å². The molecule has 1 N–H and O–H groups in total. The predicted molar refractivity (Wildman–Crippen MR) is 108 cm³/mol. The number of aromatic nitrogens is 2. The molecule has 1 aromatic heterocycles. The summed E-state index contributed by atoms with van der Waals surface area (Å²) in [6.45, 7) is 4.21. The van der Waals surface area contributed by atoms with Gasteiger partial charge in [-0.05, 0) is 43.4 Å². The predicted octanol–water partition coefficient (Wildman–Crippen LogP) is 2.34. The molecule has 2 aliphatic heterocycles. The van der Waals surface area contributed by atoms with E-state index in [2.05, 4.69) is 14.8 Å². The quantitative estimate of drug-likeness (QED) is 0.853. The number of rotatable bonds is 5. The summed E-state index contributed by atoms with van der Waals surface area (Å²) < 4.78 is 10.8. The summed E-state index contributed by atoms with van der Waals surface area (Å²) >= 11 is 0. The Morgan fingerprint density at radius 1 is 1.04 bits per heavy atom. The second kappa shape index (κ2) is 8.22. The highest BCUT2D eigenvalue weighted by Crippen LogP contribution is 2.25. The Bertz CT molecular complexity index is 867. The minimum Gasteiger partial charge on any atom is -0.497 e. The van der Waals surface area contributed by atoms with Crippen LogP contribution in [0.3, 0.4) is 0 Å². The van der Waals surface area contributed by atoms with Crippen molar-refractivity contribution in [3.63, 3.8) is 0 Å².